The number of hydrogen-bond donors (Lipinski definition) is 1. The molecule has 0 aromatic carbocycles. The lowest BCUT2D eigenvalue weighted by molar-refractivity contribution is 0.0472. The van der Waals surface area contributed by atoms with Gasteiger partial charge in [-0.1, -0.05) is 0 Å². The number of H-pyrrole nitrogens is 1. The summed E-state index contributed by atoms with van der Waals surface area (Å²) in [6.45, 7) is 3.92. The molecule has 3 rings (SSSR count). The van der Waals surface area contributed by atoms with Crippen molar-refractivity contribution >= 4 is 28.5 Å². The van der Waals surface area contributed by atoms with Crippen LogP contribution in [-0.4, -0.2) is 25.9 Å². The van der Waals surface area contributed by atoms with Gasteiger partial charge in [0.1, 0.15) is 17.4 Å². The molecule has 0 amide bonds. The minimum atomic E-state index is -0.417. The van der Waals surface area contributed by atoms with Gasteiger partial charge in [-0.15, -0.1) is 11.3 Å². The number of nitrogens with zero attached hydrogens (tertiary/aromatic N) is 3. The Bertz CT molecular complexity index is 778. The maximum Gasteiger partial charge on any atom is 0.340 e. The second kappa shape index (κ2) is 5.01. The number of nitrogens with one attached hydrogen (secondary N) is 1. The van der Waals surface area contributed by atoms with E-state index in [-0.39, 0.29) is 6.61 Å². The first kappa shape index (κ1) is 12.7. The summed E-state index contributed by atoms with van der Waals surface area (Å²) < 4.78 is 5.22. The van der Waals surface area contributed by atoms with Gasteiger partial charge in [0.15, 0.2) is 5.65 Å². The Morgan fingerprint density at radius 1 is 1.40 bits per heavy atom. The number of hydrogen-bond acceptors (Lipinski definition) is 6. The van der Waals surface area contributed by atoms with Crippen molar-refractivity contribution < 1.29 is 9.53 Å². The molecule has 0 atom stereocenters. The smallest absolute Gasteiger partial charge is 0.340 e. The molecule has 0 aliphatic heterocycles. The van der Waals surface area contributed by atoms with E-state index in [1.807, 2.05) is 19.2 Å². The molecular formula is C13H12N4O2S. The largest absolute Gasteiger partial charge is 0.455 e. The summed E-state index contributed by atoms with van der Waals surface area (Å²) in [5.74, 6) is 0.343. The van der Waals surface area contributed by atoms with Gasteiger partial charge in [0, 0.05) is 17.3 Å². The Morgan fingerprint density at radius 2 is 2.25 bits per heavy atom. The van der Waals surface area contributed by atoms with Crippen molar-refractivity contribution in [1.29, 1.82) is 0 Å². The van der Waals surface area contributed by atoms with Crippen LogP contribution in [0.15, 0.2) is 17.6 Å². The zero-order valence-corrected chi connectivity index (χ0v) is 11.8. The quantitative estimate of drug-likeness (QED) is 0.748. The van der Waals surface area contributed by atoms with E-state index in [0.717, 1.165) is 22.0 Å². The molecule has 0 unspecified atom stereocenters. The van der Waals surface area contributed by atoms with E-state index in [1.54, 1.807) is 6.07 Å². The van der Waals surface area contributed by atoms with Crippen molar-refractivity contribution in [2.24, 2.45) is 0 Å². The van der Waals surface area contributed by atoms with E-state index < -0.39 is 5.97 Å². The van der Waals surface area contributed by atoms with Crippen molar-refractivity contribution in [3.8, 4) is 0 Å². The molecule has 20 heavy (non-hydrogen) atoms. The van der Waals surface area contributed by atoms with Crippen LogP contribution in [0.5, 0.6) is 0 Å². The van der Waals surface area contributed by atoms with Crippen molar-refractivity contribution in [3.05, 3.63) is 39.7 Å². The second-order valence-electron chi connectivity index (χ2n) is 4.38. The summed E-state index contributed by atoms with van der Waals surface area (Å²) >= 11 is 1.47. The molecule has 1 N–H and O–H groups in total. The van der Waals surface area contributed by atoms with Crippen LogP contribution in [0, 0.1) is 13.8 Å². The number of carbonyl (C=O) groups is 1. The Labute approximate surface area is 118 Å². The molecule has 6 nitrogen and oxygen atoms in total. The average molecular weight is 288 g/mol. The summed E-state index contributed by atoms with van der Waals surface area (Å²) in [6, 6.07) is 1.69. The topological polar surface area (TPSA) is 80.8 Å². The van der Waals surface area contributed by atoms with Gasteiger partial charge in [0.25, 0.3) is 0 Å². The van der Waals surface area contributed by atoms with Gasteiger partial charge < -0.3 is 9.72 Å². The number of pyridine rings is 1. The highest BCUT2D eigenvalue weighted by molar-refractivity contribution is 7.09. The lowest BCUT2D eigenvalue weighted by atomic mass is 10.3. The predicted octanol–water partition coefficient (Wildman–Crippen LogP) is 2.39. The van der Waals surface area contributed by atoms with E-state index in [0.29, 0.717) is 11.2 Å². The van der Waals surface area contributed by atoms with E-state index in [1.165, 1.54) is 17.5 Å². The fourth-order valence-corrected chi connectivity index (χ4v) is 2.49. The number of carbonyl (C=O) groups excluding carboxylic acids is 1. The van der Waals surface area contributed by atoms with Gasteiger partial charge in [0.2, 0.25) is 0 Å². The highest BCUT2D eigenvalue weighted by Crippen LogP contribution is 2.14. The van der Waals surface area contributed by atoms with E-state index in [2.05, 4.69) is 19.9 Å². The summed E-state index contributed by atoms with van der Waals surface area (Å²) in [5, 5.41) is 2.70. The van der Waals surface area contributed by atoms with Crippen molar-refractivity contribution in [2.45, 2.75) is 20.5 Å². The molecule has 0 saturated heterocycles. The molecule has 102 valence electrons. The van der Waals surface area contributed by atoms with Crippen molar-refractivity contribution in [2.75, 3.05) is 0 Å². The number of esters is 1. The van der Waals surface area contributed by atoms with Gasteiger partial charge in [-0.3, -0.25) is 0 Å². The van der Waals surface area contributed by atoms with Gasteiger partial charge in [-0.2, -0.15) is 0 Å². The minimum Gasteiger partial charge on any atom is -0.455 e. The van der Waals surface area contributed by atoms with Crippen LogP contribution in [0.3, 0.4) is 0 Å². The second-order valence-corrected chi connectivity index (χ2v) is 5.32. The van der Waals surface area contributed by atoms with Crippen LogP contribution in [0.2, 0.25) is 0 Å². The van der Waals surface area contributed by atoms with Gasteiger partial charge in [0.05, 0.1) is 11.1 Å². The molecule has 3 aromatic rings. The molecule has 3 aromatic heterocycles. The number of ether oxygens (including phenoxy) is 1. The minimum absolute atomic E-state index is 0.178. The van der Waals surface area contributed by atoms with Gasteiger partial charge >= 0.3 is 5.97 Å². The SMILES string of the molecule is Cc1csc(COC(=O)c2cnc3nc(C)[nH]c3c2)n1. The Morgan fingerprint density at radius 3 is 3.00 bits per heavy atom. The van der Waals surface area contributed by atoms with E-state index in [9.17, 15) is 4.79 Å². The monoisotopic (exact) mass is 288 g/mol. The Kier molecular flexibility index (Phi) is 3.19. The van der Waals surface area contributed by atoms with Crippen LogP contribution < -0.4 is 0 Å². The number of rotatable bonds is 3. The molecule has 0 radical (unpaired) electrons. The molecular weight excluding hydrogens is 276 g/mol. The average Bonchev–Trinajstić information content (AvgIpc) is 2.99. The number of imidazole rings is 1. The lowest BCUT2D eigenvalue weighted by Crippen LogP contribution is -2.05. The van der Waals surface area contributed by atoms with E-state index >= 15 is 0 Å². The highest BCUT2D eigenvalue weighted by Gasteiger charge is 2.11. The van der Waals surface area contributed by atoms with Crippen LogP contribution in [0.4, 0.5) is 0 Å². The molecule has 0 aliphatic rings. The molecule has 3 heterocycles. The first-order valence-corrected chi connectivity index (χ1v) is 6.90. The standard InChI is InChI=1S/C13H12N4O2S/c1-7-6-20-11(15-7)5-19-13(18)9-3-10-12(14-4-9)17-8(2)16-10/h3-4,6H,5H2,1-2H3,(H,14,16,17). The first-order valence-electron chi connectivity index (χ1n) is 6.02. The van der Waals surface area contributed by atoms with Crippen LogP contribution in [-0.2, 0) is 11.3 Å². The predicted molar refractivity (Wildman–Crippen MR) is 74.6 cm³/mol. The van der Waals surface area contributed by atoms with Crippen LogP contribution in [0.25, 0.3) is 11.2 Å². The molecule has 0 saturated carbocycles. The number of thiazole rings is 1. The normalized spacial score (nSPS) is 10.9. The summed E-state index contributed by atoms with van der Waals surface area (Å²) in [4.78, 5) is 27.5. The maximum atomic E-state index is 12.0. The molecule has 0 bridgehead atoms. The van der Waals surface area contributed by atoms with Gasteiger partial charge in [-0.05, 0) is 19.9 Å². The number of aromatic amines is 1. The Balaban J connectivity index is 1.74. The fraction of sp³-hybridized carbons (Fsp3) is 0.231. The number of aryl methyl sites for hydroxylation is 2. The van der Waals surface area contributed by atoms with Crippen LogP contribution >= 0.6 is 11.3 Å². The first-order chi connectivity index (χ1) is 9.61. The summed E-state index contributed by atoms with van der Waals surface area (Å²) in [7, 11) is 0. The zero-order valence-electron chi connectivity index (χ0n) is 11.0. The number of aromatic nitrogens is 4. The molecule has 7 heteroatoms. The lowest BCUT2D eigenvalue weighted by Gasteiger charge is -2.02. The van der Waals surface area contributed by atoms with Crippen molar-refractivity contribution in [1.82, 2.24) is 19.9 Å². The van der Waals surface area contributed by atoms with Gasteiger partial charge in [-0.25, -0.2) is 19.7 Å². The Hall–Kier alpha value is -2.28. The van der Waals surface area contributed by atoms with Crippen molar-refractivity contribution in [3.63, 3.8) is 0 Å². The molecule has 0 aliphatic carbocycles. The highest BCUT2D eigenvalue weighted by atomic mass is 32.1. The molecule has 0 fully saturated rings. The third kappa shape index (κ3) is 2.53. The van der Waals surface area contributed by atoms with Crippen LogP contribution in [0.1, 0.15) is 26.9 Å². The summed E-state index contributed by atoms with van der Waals surface area (Å²) in [5.41, 5.74) is 2.64. The number of fused-ring (bicyclic) bond motifs is 1. The zero-order chi connectivity index (χ0) is 14.1. The van der Waals surface area contributed by atoms with E-state index in [4.69, 9.17) is 4.74 Å². The molecule has 0 spiro atoms. The maximum absolute atomic E-state index is 12.0. The summed E-state index contributed by atoms with van der Waals surface area (Å²) in [6.07, 6.45) is 1.47. The third-order valence-electron chi connectivity index (χ3n) is 2.68. The third-order valence-corrected chi connectivity index (χ3v) is 3.63. The fourth-order valence-electron chi connectivity index (χ4n) is 1.81.